The average molecular weight is 193 g/mol. The summed E-state index contributed by atoms with van der Waals surface area (Å²) in [6.07, 6.45) is 5.14. The van der Waals surface area contributed by atoms with Gasteiger partial charge in [0.2, 0.25) is 0 Å². The first-order valence-corrected chi connectivity index (χ1v) is 5.13. The maximum Gasteiger partial charge on any atom is 0.127 e. The number of nitrogens with two attached hydrogens (primary N) is 1. The third kappa shape index (κ3) is 2.16. The molecule has 0 atom stereocenters. The number of allylic oxidation sites excluding steroid dienone is 1. The van der Waals surface area contributed by atoms with Crippen LogP contribution in [-0.4, -0.2) is 9.55 Å². The van der Waals surface area contributed by atoms with Crippen LogP contribution in [0, 0.1) is 6.92 Å². The van der Waals surface area contributed by atoms with Gasteiger partial charge in [0.1, 0.15) is 11.6 Å². The summed E-state index contributed by atoms with van der Waals surface area (Å²) in [6, 6.07) is 0. The molecule has 0 radical (unpaired) electrons. The van der Waals surface area contributed by atoms with Crippen molar-refractivity contribution in [2.24, 2.45) is 0 Å². The van der Waals surface area contributed by atoms with Crippen molar-refractivity contribution in [2.75, 3.05) is 5.73 Å². The van der Waals surface area contributed by atoms with Crippen LogP contribution in [0.1, 0.15) is 31.3 Å². The van der Waals surface area contributed by atoms with E-state index in [0.29, 0.717) is 0 Å². The zero-order valence-corrected chi connectivity index (χ0v) is 9.08. The lowest BCUT2D eigenvalue weighted by Gasteiger charge is -2.03. The number of rotatable bonds is 5. The average Bonchev–Trinajstić information content (AvgIpc) is 2.43. The summed E-state index contributed by atoms with van der Waals surface area (Å²) in [5.41, 5.74) is 7.02. The van der Waals surface area contributed by atoms with Gasteiger partial charge >= 0.3 is 0 Å². The lowest BCUT2D eigenvalue weighted by atomic mass is 10.2. The summed E-state index contributed by atoms with van der Waals surface area (Å²) in [5, 5.41) is 0. The molecule has 0 fully saturated rings. The first-order chi connectivity index (χ1) is 6.70. The first-order valence-electron chi connectivity index (χ1n) is 5.13. The second-order valence-electron chi connectivity index (χ2n) is 3.49. The van der Waals surface area contributed by atoms with Crippen molar-refractivity contribution >= 4 is 5.82 Å². The number of unbranched alkanes of at least 4 members (excludes halogenated alkanes) is 1. The van der Waals surface area contributed by atoms with E-state index in [1.165, 1.54) is 6.42 Å². The Kier molecular flexibility index (Phi) is 3.74. The summed E-state index contributed by atoms with van der Waals surface area (Å²) in [7, 11) is 0. The molecule has 78 valence electrons. The molecule has 0 amide bonds. The van der Waals surface area contributed by atoms with E-state index in [4.69, 9.17) is 5.73 Å². The van der Waals surface area contributed by atoms with Crippen LogP contribution in [0.2, 0.25) is 0 Å². The largest absolute Gasteiger partial charge is 0.384 e. The van der Waals surface area contributed by atoms with E-state index in [0.717, 1.165) is 36.7 Å². The van der Waals surface area contributed by atoms with Crippen molar-refractivity contribution in [3.63, 3.8) is 0 Å². The van der Waals surface area contributed by atoms with Crippen molar-refractivity contribution in [3.05, 3.63) is 24.2 Å². The van der Waals surface area contributed by atoms with Gasteiger partial charge in [-0.3, -0.25) is 0 Å². The van der Waals surface area contributed by atoms with E-state index < -0.39 is 0 Å². The van der Waals surface area contributed by atoms with E-state index >= 15 is 0 Å². The zero-order valence-electron chi connectivity index (χ0n) is 9.08. The molecule has 1 heterocycles. The van der Waals surface area contributed by atoms with Gasteiger partial charge in [0.15, 0.2) is 0 Å². The fourth-order valence-electron chi connectivity index (χ4n) is 1.53. The lowest BCUT2D eigenvalue weighted by Crippen LogP contribution is -2.03. The van der Waals surface area contributed by atoms with Crippen LogP contribution in [0.15, 0.2) is 12.7 Å². The van der Waals surface area contributed by atoms with E-state index in [2.05, 4.69) is 18.5 Å². The Morgan fingerprint density at radius 2 is 2.29 bits per heavy atom. The number of nitrogens with zero attached hydrogens (tertiary/aromatic N) is 2. The summed E-state index contributed by atoms with van der Waals surface area (Å²) in [4.78, 5) is 4.46. The van der Waals surface area contributed by atoms with Crippen LogP contribution >= 0.6 is 0 Å². The quantitative estimate of drug-likeness (QED) is 0.729. The molecule has 0 aliphatic heterocycles. The third-order valence-corrected chi connectivity index (χ3v) is 2.35. The van der Waals surface area contributed by atoms with E-state index in [9.17, 15) is 0 Å². The lowest BCUT2D eigenvalue weighted by molar-refractivity contribution is 0.780. The van der Waals surface area contributed by atoms with E-state index in [1.807, 2.05) is 17.6 Å². The van der Waals surface area contributed by atoms with Gasteiger partial charge in [-0.05, 0) is 19.8 Å². The molecular weight excluding hydrogens is 174 g/mol. The first kappa shape index (κ1) is 10.8. The molecule has 0 bridgehead atoms. The number of nitrogen functional groups attached to an aromatic ring is 1. The topological polar surface area (TPSA) is 43.8 Å². The molecule has 0 spiro atoms. The van der Waals surface area contributed by atoms with Crippen molar-refractivity contribution in [3.8, 4) is 0 Å². The monoisotopic (exact) mass is 193 g/mol. The molecule has 3 heteroatoms. The number of anilines is 1. The van der Waals surface area contributed by atoms with Crippen LogP contribution < -0.4 is 5.73 Å². The van der Waals surface area contributed by atoms with Crippen LogP contribution in [0.5, 0.6) is 0 Å². The summed E-state index contributed by atoms with van der Waals surface area (Å²) in [6.45, 7) is 8.60. The molecule has 0 unspecified atom stereocenters. The van der Waals surface area contributed by atoms with Gasteiger partial charge in [-0.25, -0.2) is 4.98 Å². The Hall–Kier alpha value is -1.25. The maximum absolute atomic E-state index is 5.98. The Labute approximate surface area is 85.6 Å². The SMILES string of the molecule is C=CCn1c(C)nc(CCCC)c1N. The number of aryl methyl sites for hydroxylation is 2. The van der Waals surface area contributed by atoms with Crippen molar-refractivity contribution in [2.45, 2.75) is 39.7 Å². The van der Waals surface area contributed by atoms with Gasteiger partial charge < -0.3 is 10.3 Å². The molecule has 0 saturated heterocycles. The molecule has 14 heavy (non-hydrogen) atoms. The summed E-state index contributed by atoms with van der Waals surface area (Å²) >= 11 is 0. The van der Waals surface area contributed by atoms with Crippen molar-refractivity contribution < 1.29 is 0 Å². The molecule has 2 N–H and O–H groups in total. The normalized spacial score (nSPS) is 10.4. The molecule has 1 rings (SSSR count). The van der Waals surface area contributed by atoms with E-state index in [-0.39, 0.29) is 0 Å². The minimum absolute atomic E-state index is 0.747. The summed E-state index contributed by atoms with van der Waals surface area (Å²) in [5.74, 6) is 1.78. The van der Waals surface area contributed by atoms with Crippen LogP contribution in [0.25, 0.3) is 0 Å². The molecule has 0 aromatic carbocycles. The Morgan fingerprint density at radius 3 is 2.86 bits per heavy atom. The fraction of sp³-hybridized carbons (Fsp3) is 0.545. The van der Waals surface area contributed by atoms with Gasteiger partial charge in [0.05, 0.1) is 5.69 Å². The number of imidazole rings is 1. The maximum atomic E-state index is 5.98. The number of hydrogen-bond acceptors (Lipinski definition) is 2. The number of hydrogen-bond donors (Lipinski definition) is 1. The predicted molar refractivity (Wildman–Crippen MR) is 60.2 cm³/mol. The minimum atomic E-state index is 0.747. The van der Waals surface area contributed by atoms with Gasteiger partial charge in [-0.2, -0.15) is 0 Å². The second kappa shape index (κ2) is 4.84. The minimum Gasteiger partial charge on any atom is -0.384 e. The molecular formula is C11H19N3. The smallest absolute Gasteiger partial charge is 0.127 e. The molecule has 1 aromatic heterocycles. The molecule has 0 aliphatic rings. The van der Waals surface area contributed by atoms with Crippen LogP contribution in [0.3, 0.4) is 0 Å². The second-order valence-corrected chi connectivity index (χ2v) is 3.49. The van der Waals surface area contributed by atoms with Crippen molar-refractivity contribution in [1.29, 1.82) is 0 Å². The standard InChI is InChI=1S/C11H19N3/c1-4-6-7-10-11(12)14(8-5-2)9(3)13-10/h5H,2,4,6-8,12H2,1,3H3. The van der Waals surface area contributed by atoms with E-state index in [1.54, 1.807) is 0 Å². The Morgan fingerprint density at radius 1 is 1.57 bits per heavy atom. The predicted octanol–water partition coefficient (Wildman–Crippen LogP) is 2.30. The summed E-state index contributed by atoms with van der Waals surface area (Å²) < 4.78 is 2.00. The molecule has 0 aliphatic carbocycles. The highest BCUT2D eigenvalue weighted by atomic mass is 15.1. The highest BCUT2D eigenvalue weighted by Gasteiger charge is 2.09. The van der Waals surface area contributed by atoms with Gasteiger partial charge in [-0.15, -0.1) is 6.58 Å². The van der Waals surface area contributed by atoms with Crippen LogP contribution in [-0.2, 0) is 13.0 Å². The Balaban J connectivity index is 2.86. The Bertz CT molecular complexity index is 313. The number of aromatic nitrogens is 2. The van der Waals surface area contributed by atoms with Gasteiger partial charge in [-0.1, -0.05) is 19.4 Å². The highest BCUT2D eigenvalue weighted by Crippen LogP contribution is 2.16. The van der Waals surface area contributed by atoms with Crippen molar-refractivity contribution in [1.82, 2.24) is 9.55 Å². The van der Waals surface area contributed by atoms with Gasteiger partial charge in [0.25, 0.3) is 0 Å². The van der Waals surface area contributed by atoms with Crippen LogP contribution in [0.4, 0.5) is 5.82 Å². The molecule has 0 saturated carbocycles. The van der Waals surface area contributed by atoms with Gasteiger partial charge in [0, 0.05) is 6.54 Å². The molecule has 1 aromatic rings. The molecule has 3 nitrogen and oxygen atoms in total. The zero-order chi connectivity index (χ0) is 10.6. The highest BCUT2D eigenvalue weighted by molar-refractivity contribution is 5.38. The fourth-order valence-corrected chi connectivity index (χ4v) is 1.53. The third-order valence-electron chi connectivity index (χ3n) is 2.35.